The molecule has 0 aromatic rings. The molecule has 5 aliphatic rings. The van der Waals surface area contributed by atoms with Crippen molar-refractivity contribution in [1.29, 1.82) is 0 Å². The molecule has 2 unspecified atom stereocenters. The van der Waals surface area contributed by atoms with Gasteiger partial charge >= 0.3 is 0 Å². The highest BCUT2D eigenvalue weighted by molar-refractivity contribution is 5.27. The predicted octanol–water partition coefficient (Wildman–Crippen LogP) is 0.863. The Bertz CT molecular complexity index is 527. The van der Waals surface area contributed by atoms with Gasteiger partial charge in [0, 0.05) is 11.8 Å². The minimum Gasteiger partial charge on any atom is -0.333 e. The van der Waals surface area contributed by atoms with Crippen molar-refractivity contribution in [2.45, 2.75) is 37.2 Å². The molecule has 0 radical (unpaired) electrons. The first-order chi connectivity index (χ1) is 11.5. The Kier molecular flexibility index (Phi) is 3.46. The summed E-state index contributed by atoms with van der Waals surface area (Å²) in [6, 6.07) is 0. The minimum absolute atomic E-state index is 0.0518. The van der Waals surface area contributed by atoms with Gasteiger partial charge in [-0.15, -0.1) is 0 Å². The van der Waals surface area contributed by atoms with Gasteiger partial charge in [-0.3, -0.25) is 9.80 Å². The molecule has 3 fully saturated rings. The van der Waals surface area contributed by atoms with Crippen LogP contribution in [0.25, 0.3) is 0 Å². The molecule has 6 heteroatoms. The SMILES string of the molecule is CN(C)C1O[C@@H]2[C@@H]3[C@H](C=C[C@@H]2O1)[C@H]1C=C[C@@H]2OC(N(C)C)O[C@@H]2[C@H]13. The lowest BCUT2D eigenvalue weighted by Gasteiger charge is -2.57. The molecule has 5 rings (SSSR count). The number of hydrogen-bond donors (Lipinski definition) is 0. The van der Waals surface area contributed by atoms with Gasteiger partial charge in [0.2, 0.25) is 12.8 Å². The van der Waals surface area contributed by atoms with Gasteiger partial charge in [-0.05, 0) is 40.0 Å². The zero-order valence-corrected chi connectivity index (χ0v) is 14.6. The Morgan fingerprint density at radius 1 is 0.583 bits per heavy atom. The van der Waals surface area contributed by atoms with E-state index >= 15 is 0 Å². The molecule has 6 nitrogen and oxygen atoms in total. The van der Waals surface area contributed by atoms with Crippen LogP contribution in [0.5, 0.6) is 0 Å². The van der Waals surface area contributed by atoms with Gasteiger partial charge in [-0.25, -0.2) is 0 Å². The highest BCUT2D eigenvalue weighted by Crippen LogP contribution is 2.59. The fraction of sp³-hybridized carbons (Fsp3) is 0.778. The first-order valence-corrected chi connectivity index (χ1v) is 8.86. The predicted molar refractivity (Wildman–Crippen MR) is 86.7 cm³/mol. The Balaban J connectivity index is 1.40. The lowest BCUT2D eigenvalue weighted by atomic mass is 9.49. The second-order valence-electron chi connectivity index (χ2n) is 8.02. The van der Waals surface area contributed by atoms with Crippen LogP contribution in [-0.2, 0) is 18.9 Å². The van der Waals surface area contributed by atoms with E-state index in [-0.39, 0.29) is 37.2 Å². The average Bonchev–Trinajstić information content (AvgIpc) is 3.12. The van der Waals surface area contributed by atoms with E-state index in [0.717, 1.165) is 0 Å². The van der Waals surface area contributed by atoms with Gasteiger partial charge in [0.15, 0.2) is 0 Å². The van der Waals surface area contributed by atoms with Crippen LogP contribution in [0.15, 0.2) is 24.3 Å². The van der Waals surface area contributed by atoms with Crippen LogP contribution in [0.2, 0.25) is 0 Å². The van der Waals surface area contributed by atoms with Gasteiger partial charge in [0.25, 0.3) is 0 Å². The Morgan fingerprint density at radius 2 is 1.00 bits per heavy atom. The van der Waals surface area contributed by atoms with Gasteiger partial charge in [-0.2, -0.15) is 0 Å². The minimum atomic E-state index is -0.257. The Morgan fingerprint density at radius 3 is 1.38 bits per heavy atom. The number of hydrogen-bond acceptors (Lipinski definition) is 6. The van der Waals surface area contributed by atoms with Gasteiger partial charge in [0.1, 0.15) is 12.2 Å². The molecule has 0 spiro atoms. The van der Waals surface area contributed by atoms with Crippen LogP contribution >= 0.6 is 0 Å². The monoisotopic (exact) mass is 334 g/mol. The van der Waals surface area contributed by atoms with Crippen LogP contribution in [0.1, 0.15) is 0 Å². The van der Waals surface area contributed by atoms with Crippen LogP contribution < -0.4 is 0 Å². The number of nitrogens with zero attached hydrogens (tertiary/aromatic N) is 2. The quantitative estimate of drug-likeness (QED) is 0.698. The van der Waals surface area contributed by atoms with Crippen molar-refractivity contribution in [3.05, 3.63) is 24.3 Å². The van der Waals surface area contributed by atoms with Gasteiger partial charge in [-0.1, -0.05) is 24.3 Å². The van der Waals surface area contributed by atoms with Crippen molar-refractivity contribution in [1.82, 2.24) is 9.80 Å². The van der Waals surface area contributed by atoms with E-state index in [1.807, 2.05) is 38.0 Å². The summed E-state index contributed by atoms with van der Waals surface area (Å²) in [4.78, 5) is 3.97. The van der Waals surface area contributed by atoms with Crippen LogP contribution in [0.4, 0.5) is 0 Å². The molecule has 1 saturated carbocycles. The van der Waals surface area contributed by atoms with E-state index in [9.17, 15) is 0 Å². The summed E-state index contributed by atoms with van der Waals surface area (Å²) < 4.78 is 24.6. The second-order valence-corrected chi connectivity index (χ2v) is 8.02. The normalized spacial score (nSPS) is 54.4. The number of ether oxygens (including phenoxy) is 4. The van der Waals surface area contributed by atoms with Crippen molar-refractivity contribution in [2.75, 3.05) is 28.2 Å². The maximum atomic E-state index is 6.25. The van der Waals surface area contributed by atoms with Crippen molar-refractivity contribution in [3.63, 3.8) is 0 Å². The van der Waals surface area contributed by atoms with Crippen molar-refractivity contribution < 1.29 is 18.9 Å². The zero-order chi connectivity index (χ0) is 16.6. The first-order valence-electron chi connectivity index (χ1n) is 8.86. The molecule has 24 heavy (non-hydrogen) atoms. The fourth-order valence-electron chi connectivity index (χ4n) is 5.07. The second kappa shape index (κ2) is 5.37. The van der Waals surface area contributed by atoms with Gasteiger partial charge in [0.05, 0.1) is 12.2 Å². The smallest absolute Gasteiger partial charge is 0.219 e. The summed E-state index contributed by atoms with van der Waals surface area (Å²) in [6.45, 7) is 0. The lowest BCUT2D eigenvalue weighted by Crippen LogP contribution is -2.61. The van der Waals surface area contributed by atoms with Crippen LogP contribution in [0, 0.1) is 23.7 Å². The van der Waals surface area contributed by atoms with Crippen LogP contribution in [-0.4, -0.2) is 75.2 Å². The molecule has 2 saturated heterocycles. The zero-order valence-electron chi connectivity index (χ0n) is 14.6. The van der Waals surface area contributed by atoms with Crippen LogP contribution in [0.3, 0.4) is 0 Å². The summed E-state index contributed by atoms with van der Waals surface area (Å²) >= 11 is 0. The third-order valence-electron chi connectivity index (χ3n) is 6.17. The van der Waals surface area contributed by atoms with E-state index in [0.29, 0.717) is 23.7 Å². The third-order valence-corrected chi connectivity index (χ3v) is 6.17. The molecule has 2 heterocycles. The number of allylic oxidation sites excluding steroid dienone is 2. The summed E-state index contributed by atoms with van der Waals surface area (Å²) in [5.41, 5.74) is 0. The molecular formula is C18H26N2O4. The van der Waals surface area contributed by atoms with Crippen molar-refractivity contribution in [2.24, 2.45) is 23.7 Å². The summed E-state index contributed by atoms with van der Waals surface area (Å²) in [7, 11) is 7.95. The molecule has 0 amide bonds. The highest BCUT2D eigenvalue weighted by atomic mass is 16.8. The first kappa shape index (κ1) is 15.5. The third kappa shape index (κ3) is 2.04. The molecule has 132 valence electrons. The molecule has 0 aromatic carbocycles. The van der Waals surface area contributed by atoms with E-state index in [2.05, 4.69) is 24.3 Å². The topological polar surface area (TPSA) is 43.4 Å². The van der Waals surface area contributed by atoms with E-state index in [4.69, 9.17) is 18.9 Å². The number of fused-ring (bicyclic) bond motifs is 8. The molecule has 10 atom stereocenters. The van der Waals surface area contributed by atoms with Crippen molar-refractivity contribution in [3.8, 4) is 0 Å². The molecule has 0 N–H and O–H groups in total. The Labute approximate surface area is 143 Å². The molecule has 2 aliphatic heterocycles. The summed E-state index contributed by atoms with van der Waals surface area (Å²) in [6.07, 6.45) is 8.87. The van der Waals surface area contributed by atoms with E-state index < -0.39 is 0 Å². The summed E-state index contributed by atoms with van der Waals surface area (Å²) in [5.74, 6) is 1.94. The molecular weight excluding hydrogens is 308 g/mol. The lowest BCUT2D eigenvalue weighted by molar-refractivity contribution is -0.190. The average molecular weight is 334 g/mol. The largest absolute Gasteiger partial charge is 0.333 e. The fourth-order valence-corrected chi connectivity index (χ4v) is 5.07. The molecule has 0 bridgehead atoms. The van der Waals surface area contributed by atoms with E-state index in [1.54, 1.807) is 0 Å². The molecule has 3 aliphatic carbocycles. The maximum Gasteiger partial charge on any atom is 0.219 e. The maximum absolute atomic E-state index is 6.25. The summed E-state index contributed by atoms with van der Waals surface area (Å²) in [5, 5.41) is 0. The van der Waals surface area contributed by atoms with Gasteiger partial charge < -0.3 is 18.9 Å². The van der Waals surface area contributed by atoms with Crippen molar-refractivity contribution >= 4 is 0 Å². The Hall–Kier alpha value is -0.760. The highest BCUT2D eigenvalue weighted by Gasteiger charge is 2.63. The molecule has 0 aromatic heterocycles. The standard InChI is InChI=1S/C18H26N2O4/c1-19(2)17-21-11-7-5-9-10-6-8-12-16(24-18(22-12)20(3)4)14(10)13(9)15(11)23-17/h5-18H,1-4H3/t9-,10-,11+,12+,13-,14-,15+,16+,17?,18?/m1/s1. The number of rotatable bonds is 2. The van der Waals surface area contributed by atoms with E-state index in [1.165, 1.54) is 0 Å².